The molecule has 1 aliphatic rings. The number of likely N-dealkylation sites (N-methyl/N-ethyl adjacent to an activating group) is 1. The molecule has 0 spiro atoms. The van der Waals surface area contributed by atoms with Crippen molar-refractivity contribution in [3.63, 3.8) is 0 Å². The van der Waals surface area contributed by atoms with Gasteiger partial charge in [-0.1, -0.05) is 0 Å². The summed E-state index contributed by atoms with van der Waals surface area (Å²) in [6.07, 6.45) is 1.86. The van der Waals surface area contributed by atoms with E-state index in [4.69, 9.17) is 9.84 Å². The van der Waals surface area contributed by atoms with Gasteiger partial charge in [-0.3, -0.25) is 0 Å². The van der Waals surface area contributed by atoms with Gasteiger partial charge >= 0.3 is 0 Å². The van der Waals surface area contributed by atoms with E-state index in [1.807, 2.05) is 0 Å². The van der Waals surface area contributed by atoms with E-state index in [0.717, 1.165) is 26.0 Å². The monoisotopic (exact) mass is 216 g/mol. The molecule has 0 amide bonds. The van der Waals surface area contributed by atoms with Crippen LogP contribution in [0.15, 0.2) is 0 Å². The molecule has 1 rings (SSSR count). The maximum absolute atomic E-state index is 8.56. The van der Waals surface area contributed by atoms with E-state index in [1.54, 1.807) is 0 Å². The maximum atomic E-state index is 8.56. The summed E-state index contributed by atoms with van der Waals surface area (Å²) in [6, 6.07) is 0. The Labute approximate surface area is 92.8 Å². The molecule has 1 saturated heterocycles. The van der Waals surface area contributed by atoms with E-state index >= 15 is 0 Å². The first-order valence-electron chi connectivity index (χ1n) is 5.92. The van der Waals surface area contributed by atoms with Crippen molar-refractivity contribution >= 4 is 0 Å². The molecular weight excluding hydrogens is 192 g/mol. The summed E-state index contributed by atoms with van der Waals surface area (Å²) in [6.45, 7) is 7.65. The molecule has 0 aliphatic carbocycles. The fourth-order valence-electron chi connectivity index (χ4n) is 1.73. The highest BCUT2D eigenvalue weighted by atomic mass is 16.5. The number of aliphatic hydroxyl groups is 1. The molecule has 1 aliphatic heterocycles. The van der Waals surface area contributed by atoms with E-state index < -0.39 is 0 Å². The quantitative estimate of drug-likeness (QED) is 0.609. The van der Waals surface area contributed by atoms with Crippen LogP contribution in [0.5, 0.6) is 0 Å². The number of piperazine rings is 1. The molecule has 0 atom stereocenters. The molecule has 0 unspecified atom stereocenters. The van der Waals surface area contributed by atoms with Crippen molar-refractivity contribution in [1.29, 1.82) is 0 Å². The average molecular weight is 216 g/mol. The lowest BCUT2D eigenvalue weighted by Gasteiger charge is -2.32. The Kier molecular flexibility index (Phi) is 6.92. The Hall–Kier alpha value is -0.160. The first-order chi connectivity index (χ1) is 7.33. The third-order valence-electron chi connectivity index (χ3n) is 2.81. The number of ether oxygens (including phenoxy) is 1. The van der Waals surface area contributed by atoms with Gasteiger partial charge in [0, 0.05) is 52.5 Å². The fourth-order valence-corrected chi connectivity index (χ4v) is 1.73. The summed E-state index contributed by atoms with van der Waals surface area (Å²) in [7, 11) is 2.18. The number of rotatable bonds is 7. The van der Waals surface area contributed by atoms with Crippen LogP contribution in [0.25, 0.3) is 0 Å². The lowest BCUT2D eigenvalue weighted by Crippen LogP contribution is -2.44. The van der Waals surface area contributed by atoms with Crippen LogP contribution in [-0.4, -0.2) is 74.5 Å². The number of hydrogen-bond acceptors (Lipinski definition) is 4. The van der Waals surface area contributed by atoms with Gasteiger partial charge in [-0.25, -0.2) is 0 Å². The van der Waals surface area contributed by atoms with Gasteiger partial charge < -0.3 is 19.6 Å². The second-order valence-corrected chi connectivity index (χ2v) is 4.19. The Morgan fingerprint density at radius 2 is 1.73 bits per heavy atom. The standard InChI is InChI=1S/C11H24N2O2/c1-12-5-7-13(8-6-12)4-2-10-15-11-3-9-14/h14H,2-11H2,1H3. The topological polar surface area (TPSA) is 35.9 Å². The molecule has 1 heterocycles. The van der Waals surface area contributed by atoms with Gasteiger partial charge in [0.1, 0.15) is 0 Å². The first-order valence-corrected chi connectivity index (χ1v) is 5.92. The predicted octanol–water partition coefficient (Wildman–Crippen LogP) is 0.0229. The molecule has 4 nitrogen and oxygen atoms in total. The average Bonchev–Trinajstić information content (AvgIpc) is 2.26. The number of aliphatic hydroxyl groups excluding tert-OH is 1. The van der Waals surface area contributed by atoms with Crippen LogP contribution in [0.1, 0.15) is 12.8 Å². The normalized spacial score (nSPS) is 19.6. The highest BCUT2D eigenvalue weighted by Gasteiger charge is 2.12. The SMILES string of the molecule is CN1CCN(CCCOCCCO)CC1. The van der Waals surface area contributed by atoms with Crippen LogP contribution in [-0.2, 0) is 4.74 Å². The molecule has 0 aromatic carbocycles. The van der Waals surface area contributed by atoms with Crippen molar-refractivity contribution in [2.75, 3.05) is 59.6 Å². The van der Waals surface area contributed by atoms with Crippen LogP contribution in [0.4, 0.5) is 0 Å². The van der Waals surface area contributed by atoms with Gasteiger partial charge in [-0.2, -0.15) is 0 Å². The molecule has 0 saturated carbocycles. The van der Waals surface area contributed by atoms with Crippen LogP contribution in [0, 0.1) is 0 Å². The minimum absolute atomic E-state index is 0.235. The second-order valence-electron chi connectivity index (χ2n) is 4.19. The second kappa shape index (κ2) is 8.05. The molecule has 4 heteroatoms. The van der Waals surface area contributed by atoms with Crippen molar-refractivity contribution in [1.82, 2.24) is 9.80 Å². The lowest BCUT2D eigenvalue weighted by atomic mass is 10.3. The van der Waals surface area contributed by atoms with Gasteiger partial charge in [0.15, 0.2) is 0 Å². The van der Waals surface area contributed by atoms with Crippen molar-refractivity contribution in [2.45, 2.75) is 12.8 Å². The zero-order valence-corrected chi connectivity index (χ0v) is 9.82. The van der Waals surface area contributed by atoms with Crippen molar-refractivity contribution < 1.29 is 9.84 Å². The minimum Gasteiger partial charge on any atom is -0.396 e. The van der Waals surface area contributed by atoms with E-state index in [2.05, 4.69) is 16.8 Å². The summed E-state index contributed by atoms with van der Waals surface area (Å²) < 4.78 is 5.39. The molecule has 15 heavy (non-hydrogen) atoms. The minimum atomic E-state index is 0.235. The van der Waals surface area contributed by atoms with E-state index in [9.17, 15) is 0 Å². The van der Waals surface area contributed by atoms with E-state index in [-0.39, 0.29) is 6.61 Å². The van der Waals surface area contributed by atoms with Gasteiger partial charge in [-0.05, 0) is 19.9 Å². The summed E-state index contributed by atoms with van der Waals surface area (Å²) in [5.74, 6) is 0. The van der Waals surface area contributed by atoms with Crippen LogP contribution in [0.3, 0.4) is 0 Å². The molecule has 1 N–H and O–H groups in total. The molecule has 0 bridgehead atoms. The summed E-state index contributed by atoms with van der Waals surface area (Å²) in [4.78, 5) is 4.86. The molecule has 1 fully saturated rings. The van der Waals surface area contributed by atoms with Gasteiger partial charge in [0.25, 0.3) is 0 Å². The van der Waals surface area contributed by atoms with Crippen molar-refractivity contribution in [3.05, 3.63) is 0 Å². The lowest BCUT2D eigenvalue weighted by molar-refractivity contribution is 0.0957. The highest BCUT2D eigenvalue weighted by molar-refractivity contribution is 4.68. The van der Waals surface area contributed by atoms with Crippen LogP contribution in [0.2, 0.25) is 0 Å². The zero-order chi connectivity index (χ0) is 10.9. The Balaban J connectivity index is 1.87. The van der Waals surface area contributed by atoms with Gasteiger partial charge in [0.2, 0.25) is 0 Å². The molecule has 90 valence electrons. The predicted molar refractivity (Wildman–Crippen MR) is 61.1 cm³/mol. The largest absolute Gasteiger partial charge is 0.396 e. The van der Waals surface area contributed by atoms with Crippen molar-refractivity contribution in [2.24, 2.45) is 0 Å². The molecule has 0 aromatic heterocycles. The third-order valence-corrected chi connectivity index (χ3v) is 2.81. The molecular formula is C11H24N2O2. The van der Waals surface area contributed by atoms with Crippen molar-refractivity contribution in [3.8, 4) is 0 Å². The Bertz CT molecular complexity index is 148. The summed E-state index contributed by atoms with van der Waals surface area (Å²) in [5, 5.41) is 8.56. The maximum Gasteiger partial charge on any atom is 0.0487 e. The van der Waals surface area contributed by atoms with Gasteiger partial charge in [-0.15, -0.1) is 0 Å². The number of nitrogens with zero attached hydrogens (tertiary/aromatic N) is 2. The molecule has 0 aromatic rings. The smallest absolute Gasteiger partial charge is 0.0487 e. The van der Waals surface area contributed by atoms with Gasteiger partial charge in [0.05, 0.1) is 0 Å². The third kappa shape index (κ3) is 6.10. The van der Waals surface area contributed by atoms with E-state index in [1.165, 1.54) is 26.2 Å². The first kappa shape index (κ1) is 12.9. The fraction of sp³-hybridized carbons (Fsp3) is 1.00. The zero-order valence-electron chi connectivity index (χ0n) is 9.82. The number of hydrogen-bond donors (Lipinski definition) is 1. The van der Waals surface area contributed by atoms with Crippen LogP contribution < -0.4 is 0 Å². The highest BCUT2D eigenvalue weighted by Crippen LogP contribution is 2.00. The summed E-state index contributed by atoms with van der Waals surface area (Å²) >= 11 is 0. The Morgan fingerprint density at radius 3 is 2.40 bits per heavy atom. The Morgan fingerprint density at radius 1 is 1.07 bits per heavy atom. The summed E-state index contributed by atoms with van der Waals surface area (Å²) in [5.41, 5.74) is 0. The van der Waals surface area contributed by atoms with E-state index in [0.29, 0.717) is 6.61 Å². The van der Waals surface area contributed by atoms with Crippen LogP contribution >= 0.6 is 0 Å². The molecule has 0 radical (unpaired) electrons.